The fraction of sp³-hybridized carbons (Fsp3) is 0.385. The zero-order valence-electron chi connectivity index (χ0n) is 10.8. The van der Waals surface area contributed by atoms with E-state index >= 15 is 0 Å². The van der Waals surface area contributed by atoms with Gasteiger partial charge in [-0.3, -0.25) is 4.79 Å². The van der Waals surface area contributed by atoms with Gasteiger partial charge in [0.15, 0.2) is 0 Å². The van der Waals surface area contributed by atoms with Crippen molar-refractivity contribution in [1.82, 2.24) is 9.97 Å². The molecule has 1 aliphatic rings. The molecule has 20 heavy (non-hydrogen) atoms. The number of aliphatic hydroxyl groups is 1. The summed E-state index contributed by atoms with van der Waals surface area (Å²) in [5.74, 6) is 0. The number of aromatic amines is 1. The highest BCUT2D eigenvalue weighted by atomic mass is 16.5. The Morgan fingerprint density at radius 1 is 1.55 bits per heavy atom. The molecule has 0 amide bonds. The predicted octanol–water partition coefficient (Wildman–Crippen LogP) is 0.0686. The van der Waals surface area contributed by atoms with Gasteiger partial charge in [-0.25, -0.2) is 4.98 Å². The normalized spacial score (nSPS) is 22.2. The molecule has 7 nitrogen and oxygen atoms in total. The molecular formula is C13H16N4O3. The zero-order valence-corrected chi connectivity index (χ0v) is 10.8. The number of nitrogens with two attached hydrogens (primary N) is 1. The molecule has 1 aromatic heterocycles. The van der Waals surface area contributed by atoms with Crippen LogP contribution in [0.2, 0.25) is 0 Å². The molecule has 1 atom stereocenters. The number of nitrogens with zero attached hydrogens (tertiary/aromatic N) is 1. The van der Waals surface area contributed by atoms with E-state index in [-0.39, 0.29) is 5.56 Å². The third-order valence-electron chi connectivity index (χ3n) is 3.50. The molecule has 1 aromatic carbocycles. The molecular weight excluding hydrogens is 260 g/mol. The van der Waals surface area contributed by atoms with Crippen LogP contribution in [0.5, 0.6) is 0 Å². The molecule has 0 spiro atoms. The molecule has 0 saturated carbocycles. The molecule has 106 valence electrons. The number of benzene rings is 1. The minimum atomic E-state index is -0.872. The third kappa shape index (κ3) is 2.33. The molecule has 1 fully saturated rings. The number of rotatable bonds is 3. The monoisotopic (exact) mass is 276 g/mol. The lowest BCUT2D eigenvalue weighted by atomic mass is 10.0. The van der Waals surface area contributed by atoms with Gasteiger partial charge in [0.2, 0.25) is 0 Å². The van der Waals surface area contributed by atoms with Gasteiger partial charge in [-0.2, -0.15) is 0 Å². The van der Waals surface area contributed by atoms with Crippen molar-refractivity contribution in [2.75, 3.05) is 30.8 Å². The molecule has 2 heterocycles. The Labute approximate surface area is 114 Å². The van der Waals surface area contributed by atoms with Crippen molar-refractivity contribution in [3.05, 3.63) is 28.8 Å². The second-order valence-electron chi connectivity index (χ2n) is 5.07. The molecule has 5 N–H and O–H groups in total. The topological polar surface area (TPSA) is 113 Å². The molecule has 1 aliphatic heterocycles. The Balaban J connectivity index is 1.88. The van der Waals surface area contributed by atoms with Gasteiger partial charge in [0.05, 0.1) is 35.2 Å². The van der Waals surface area contributed by atoms with Gasteiger partial charge in [-0.1, -0.05) is 0 Å². The summed E-state index contributed by atoms with van der Waals surface area (Å²) in [4.78, 5) is 18.2. The van der Waals surface area contributed by atoms with Crippen molar-refractivity contribution < 1.29 is 9.84 Å². The van der Waals surface area contributed by atoms with Crippen molar-refractivity contribution >= 4 is 22.3 Å². The summed E-state index contributed by atoms with van der Waals surface area (Å²) in [6, 6.07) is 3.29. The van der Waals surface area contributed by atoms with Crippen molar-refractivity contribution in [2.45, 2.75) is 12.0 Å². The SMILES string of the molecule is Nc1cc2c(=O)[nH]cnc2cc1NCC1(O)CCOC1. The number of nitrogen functional groups attached to an aromatic ring is 1. The second kappa shape index (κ2) is 4.77. The van der Waals surface area contributed by atoms with E-state index in [4.69, 9.17) is 10.5 Å². The van der Waals surface area contributed by atoms with Crippen molar-refractivity contribution in [1.29, 1.82) is 0 Å². The highest BCUT2D eigenvalue weighted by molar-refractivity contribution is 5.88. The van der Waals surface area contributed by atoms with Gasteiger partial charge in [-0.15, -0.1) is 0 Å². The zero-order chi connectivity index (χ0) is 14.2. The summed E-state index contributed by atoms with van der Waals surface area (Å²) in [5, 5.41) is 13.7. The van der Waals surface area contributed by atoms with Gasteiger partial charge < -0.3 is 25.9 Å². The van der Waals surface area contributed by atoms with Crippen LogP contribution in [0.25, 0.3) is 10.9 Å². The van der Waals surface area contributed by atoms with Crippen LogP contribution in [0.3, 0.4) is 0 Å². The summed E-state index contributed by atoms with van der Waals surface area (Å²) in [6.45, 7) is 1.21. The quantitative estimate of drug-likeness (QED) is 0.590. The van der Waals surface area contributed by atoms with Gasteiger partial charge >= 0.3 is 0 Å². The molecule has 1 unspecified atom stereocenters. The average molecular weight is 276 g/mol. The maximum absolute atomic E-state index is 11.6. The van der Waals surface area contributed by atoms with Gasteiger partial charge in [0.25, 0.3) is 5.56 Å². The summed E-state index contributed by atoms with van der Waals surface area (Å²) >= 11 is 0. The molecule has 7 heteroatoms. The fourth-order valence-corrected chi connectivity index (χ4v) is 2.28. The van der Waals surface area contributed by atoms with Crippen molar-refractivity contribution in [3.63, 3.8) is 0 Å². The Hall–Kier alpha value is -2.12. The van der Waals surface area contributed by atoms with Crippen molar-refractivity contribution in [3.8, 4) is 0 Å². The van der Waals surface area contributed by atoms with Crippen LogP contribution in [0, 0.1) is 0 Å². The van der Waals surface area contributed by atoms with E-state index < -0.39 is 5.60 Å². The van der Waals surface area contributed by atoms with E-state index in [0.29, 0.717) is 48.5 Å². The summed E-state index contributed by atoms with van der Waals surface area (Å²) in [7, 11) is 0. The Kier molecular flexibility index (Phi) is 3.07. The second-order valence-corrected chi connectivity index (χ2v) is 5.07. The van der Waals surface area contributed by atoms with Crippen LogP contribution in [0.4, 0.5) is 11.4 Å². The lowest BCUT2D eigenvalue weighted by molar-refractivity contribution is 0.0382. The first-order chi connectivity index (χ1) is 9.57. The first-order valence-electron chi connectivity index (χ1n) is 6.38. The summed E-state index contributed by atoms with van der Waals surface area (Å²) < 4.78 is 5.19. The summed E-state index contributed by atoms with van der Waals surface area (Å²) in [5.41, 5.74) is 6.48. The van der Waals surface area contributed by atoms with E-state index in [0.717, 1.165) is 0 Å². The fourth-order valence-electron chi connectivity index (χ4n) is 2.28. The number of aromatic nitrogens is 2. The van der Waals surface area contributed by atoms with Gasteiger partial charge in [0, 0.05) is 19.6 Å². The first-order valence-corrected chi connectivity index (χ1v) is 6.38. The standard InChI is InChI=1S/C13H16N4O3/c14-9-3-8-10(16-7-17-12(8)18)4-11(9)15-5-13(19)1-2-20-6-13/h3-4,7,15,19H,1-2,5-6,14H2,(H,16,17,18). The Morgan fingerprint density at radius 2 is 2.40 bits per heavy atom. The minimum absolute atomic E-state index is 0.226. The predicted molar refractivity (Wildman–Crippen MR) is 75.7 cm³/mol. The number of H-pyrrole nitrogens is 1. The van der Waals surface area contributed by atoms with E-state index in [1.807, 2.05) is 0 Å². The van der Waals surface area contributed by atoms with E-state index in [2.05, 4.69) is 15.3 Å². The molecule has 1 saturated heterocycles. The van der Waals surface area contributed by atoms with E-state index in [9.17, 15) is 9.90 Å². The number of anilines is 2. The van der Waals surface area contributed by atoms with Gasteiger partial charge in [-0.05, 0) is 12.1 Å². The van der Waals surface area contributed by atoms with Crippen LogP contribution >= 0.6 is 0 Å². The Morgan fingerprint density at radius 3 is 3.15 bits per heavy atom. The number of fused-ring (bicyclic) bond motifs is 1. The van der Waals surface area contributed by atoms with Crippen LogP contribution in [-0.2, 0) is 4.74 Å². The largest absolute Gasteiger partial charge is 0.397 e. The highest BCUT2D eigenvalue weighted by Gasteiger charge is 2.32. The van der Waals surface area contributed by atoms with Crippen molar-refractivity contribution in [2.24, 2.45) is 0 Å². The number of hydrogen-bond acceptors (Lipinski definition) is 6. The van der Waals surface area contributed by atoms with E-state index in [1.165, 1.54) is 6.33 Å². The number of hydrogen-bond donors (Lipinski definition) is 4. The first kappa shape index (κ1) is 12.9. The minimum Gasteiger partial charge on any atom is -0.397 e. The van der Waals surface area contributed by atoms with E-state index in [1.54, 1.807) is 12.1 Å². The lowest BCUT2D eigenvalue weighted by Crippen LogP contribution is -2.37. The average Bonchev–Trinajstić information content (AvgIpc) is 2.85. The highest BCUT2D eigenvalue weighted by Crippen LogP contribution is 2.25. The molecule has 0 bridgehead atoms. The van der Waals surface area contributed by atoms with Gasteiger partial charge in [0.1, 0.15) is 5.60 Å². The molecule has 3 rings (SSSR count). The van der Waals surface area contributed by atoms with Crippen LogP contribution in [0.15, 0.2) is 23.3 Å². The number of nitrogens with one attached hydrogen (secondary N) is 2. The maximum Gasteiger partial charge on any atom is 0.258 e. The third-order valence-corrected chi connectivity index (χ3v) is 3.50. The van der Waals surface area contributed by atoms with Crippen LogP contribution in [-0.4, -0.2) is 40.4 Å². The maximum atomic E-state index is 11.6. The van der Waals surface area contributed by atoms with Crippen LogP contribution in [0.1, 0.15) is 6.42 Å². The smallest absolute Gasteiger partial charge is 0.258 e. The molecule has 0 aliphatic carbocycles. The molecule has 2 aromatic rings. The Bertz CT molecular complexity index is 692. The van der Waals surface area contributed by atoms with Crippen LogP contribution < -0.4 is 16.6 Å². The number of ether oxygens (including phenoxy) is 1. The summed E-state index contributed by atoms with van der Waals surface area (Å²) in [6.07, 6.45) is 1.94. The lowest BCUT2D eigenvalue weighted by Gasteiger charge is -2.22. The molecule has 0 radical (unpaired) electrons.